The minimum atomic E-state index is -3.77. The van der Waals surface area contributed by atoms with Crippen molar-refractivity contribution in [3.8, 4) is 5.75 Å². The van der Waals surface area contributed by atoms with Crippen molar-refractivity contribution in [3.05, 3.63) is 30.2 Å². The molecule has 1 heterocycles. The van der Waals surface area contributed by atoms with Crippen LogP contribution in [-0.2, 0) is 10.0 Å². The van der Waals surface area contributed by atoms with E-state index < -0.39 is 10.0 Å². The maximum atomic E-state index is 11.8. The quantitative estimate of drug-likeness (QED) is 0.843. The van der Waals surface area contributed by atoms with Gasteiger partial charge in [-0.25, -0.2) is 13.1 Å². The molecular formula is C9H9N3O4S. The van der Waals surface area contributed by atoms with E-state index in [1.165, 1.54) is 24.3 Å². The van der Waals surface area contributed by atoms with Crippen molar-refractivity contribution >= 4 is 16.0 Å². The molecule has 0 saturated heterocycles. The van der Waals surface area contributed by atoms with E-state index in [9.17, 15) is 8.42 Å². The lowest BCUT2D eigenvalue weighted by molar-refractivity contribution is 0.475. The number of benzene rings is 1. The summed E-state index contributed by atoms with van der Waals surface area (Å²) in [7, 11) is -3.77. The van der Waals surface area contributed by atoms with Crippen molar-refractivity contribution in [3.63, 3.8) is 0 Å². The molecular weight excluding hydrogens is 246 g/mol. The third kappa shape index (κ3) is 2.53. The zero-order valence-corrected chi connectivity index (χ0v) is 9.60. The summed E-state index contributed by atoms with van der Waals surface area (Å²) >= 11 is 0. The van der Waals surface area contributed by atoms with Gasteiger partial charge in [-0.3, -0.25) is 0 Å². The smallest absolute Gasteiger partial charge is 0.329 e. The molecule has 0 saturated carbocycles. The number of nitrogens with one attached hydrogen (secondary N) is 1. The number of anilines is 1. The van der Waals surface area contributed by atoms with Crippen molar-refractivity contribution in [2.75, 3.05) is 4.72 Å². The molecule has 0 bridgehead atoms. The van der Waals surface area contributed by atoms with Crippen LogP contribution in [0.2, 0.25) is 0 Å². The van der Waals surface area contributed by atoms with Crippen LogP contribution in [0.25, 0.3) is 0 Å². The molecule has 0 amide bonds. The zero-order valence-electron chi connectivity index (χ0n) is 8.78. The fraction of sp³-hybridized carbons (Fsp3) is 0.111. The summed E-state index contributed by atoms with van der Waals surface area (Å²) < 4.78 is 30.6. The summed E-state index contributed by atoms with van der Waals surface area (Å²) in [4.78, 5) is -0.00819. The summed E-state index contributed by atoms with van der Waals surface area (Å²) in [6, 6.07) is 4.87. The van der Waals surface area contributed by atoms with Crippen LogP contribution in [0.3, 0.4) is 0 Å². The molecule has 8 heteroatoms. The first-order valence-electron chi connectivity index (χ1n) is 4.59. The lowest BCUT2D eigenvalue weighted by Gasteiger charge is -2.03. The Morgan fingerprint density at radius 1 is 1.24 bits per heavy atom. The summed E-state index contributed by atoms with van der Waals surface area (Å²) in [5.74, 6) is 0.242. The van der Waals surface area contributed by atoms with Crippen molar-refractivity contribution in [1.29, 1.82) is 0 Å². The van der Waals surface area contributed by atoms with Gasteiger partial charge in [0.1, 0.15) is 5.75 Å². The topological polar surface area (TPSA) is 105 Å². The molecule has 0 fully saturated rings. The molecule has 0 spiro atoms. The van der Waals surface area contributed by atoms with Crippen LogP contribution in [0.1, 0.15) is 5.89 Å². The molecule has 0 unspecified atom stereocenters. The van der Waals surface area contributed by atoms with Gasteiger partial charge in [0.05, 0.1) is 4.90 Å². The van der Waals surface area contributed by atoms with Crippen molar-refractivity contribution in [2.24, 2.45) is 0 Å². The number of aromatic hydroxyl groups is 1. The lowest BCUT2D eigenvalue weighted by Crippen LogP contribution is -2.12. The molecule has 1 aromatic carbocycles. The number of aromatic nitrogens is 2. The van der Waals surface area contributed by atoms with Crippen LogP contribution in [0, 0.1) is 6.92 Å². The van der Waals surface area contributed by atoms with Crippen molar-refractivity contribution < 1.29 is 17.9 Å². The fourth-order valence-corrected chi connectivity index (χ4v) is 2.06. The second-order valence-electron chi connectivity index (χ2n) is 3.23. The van der Waals surface area contributed by atoms with Crippen LogP contribution < -0.4 is 4.72 Å². The fourth-order valence-electron chi connectivity index (χ4n) is 1.14. The second-order valence-corrected chi connectivity index (χ2v) is 4.91. The highest BCUT2D eigenvalue weighted by Crippen LogP contribution is 2.17. The van der Waals surface area contributed by atoms with Gasteiger partial charge in [-0.15, -0.1) is 5.10 Å². The number of aryl methyl sites for hydroxylation is 1. The first-order valence-corrected chi connectivity index (χ1v) is 6.08. The molecule has 90 valence electrons. The number of hydrogen-bond acceptors (Lipinski definition) is 6. The van der Waals surface area contributed by atoms with Crippen LogP contribution >= 0.6 is 0 Å². The Hall–Kier alpha value is -2.09. The highest BCUT2D eigenvalue weighted by Gasteiger charge is 2.17. The van der Waals surface area contributed by atoms with E-state index >= 15 is 0 Å². The minimum absolute atomic E-state index is 0.00819. The lowest BCUT2D eigenvalue weighted by atomic mass is 10.3. The Kier molecular flexibility index (Phi) is 2.72. The van der Waals surface area contributed by atoms with Gasteiger partial charge in [0.25, 0.3) is 10.0 Å². The van der Waals surface area contributed by atoms with Gasteiger partial charge in [-0.1, -0.05) is 5.10 Å². The van der Waals surface area contributed by atoms with Gasteiger partial charge >= 0.3 is 6.01 Å². The second kappa shape index (κ2) is 4.06. The van der Waals surface area contributed by atoms with Gasteiger partial charge in [0.15, 0.2) is 0 Å². The Balaban J connectivity index is 2.28. The molecule has 2 aromatic rings. The minimum Gasteiger partial charge on any atom is -0.508 e. The van der Waals surface area contributed by atoms with E-state index in [0.29, 0.717) is 0 Å². The molecule has 0 aliphatic rings. The largest absolute Gasteiger partial charge is 0.508 e. The predicted octanol–water partition coefficient (Wildman–Crippen LogP) is 0.884. The van der Waals surface area contributed by atoms with Gasteiger partial charge in [0.2, 0.25) is 5.89 Å². The standard InChI is InChI=1S/C9H9N3O4S/c1-6-10-11-9(16-6)12-17(14,15)8-4-2-7(13)3-5-8/h2-5,13H,1H3,(H,11,12). The highest BCUT2D eigenvalue weighted by molar-refractivity contribution is 7.92. The average Bonchev–Trinajstić information content (AvgIpc) is 2.63. The van der Waals surface area contributed by atoms with Gasteiger partial charge in [0, 0.05) is 6.92 Å². The van der Waals surface area contributed by atoms with Crippen molar-refractivity contribution in [2.45, 2.75) is 11.8 Å². The predicted molar refractivity (Wildman–Crippen MR) is 58.0 cm³/mol. The number of rotatable bonds is 3. The molecule has 2 N–H and O–H groups in total. The number of sulfonamides is 1. The Labute approximate surface area is 97.2 Å². The van der Waals surface area contributed by atoms with E-state index in [4.69, 9.17) is 9.52 Å². The first kappa shape index (κ1) is 11.4. The molecule has 0 aliphatic heterocycles. The van der Waals surface area contributed by atoms with E-state index in [-0.39, 0.29) is 22.6 Å². The van der Waals surface area contributed by atoms with Gasteiger partial charge < -0.3 is 9.52 Å². The number of nitrogens with zero attached hydrogens (tertiary/aromatic N) is 2. The van der Waals surface area contributed by atoms with Gasteiger partial charge in [-0.05, 0) is 24.3 Å². The molecule has 0 aliphatic carbocycles. The molecule has 2 rings (SSSR count). The normalized spacial score (nSPS) is 11.4. The summed E-state index contributed by atoms with van der Waals surface area (Å²) in [6.07, 6.45) is 0. The van der Waals surface area contributed by atoms with E-state index in [0.717, 1.165) is 0 Å². The Morgan fingerprint density at radius 3 is 2.41 bits per heavy atom. The van der Waals surface area contributed by atoms with E-state index in [1.807, 2.05) is 0 Å². The molecule has 0 atom stereocenters. The van der Waals surface area contributed by atoms with E-state index in [2.05, 4.69) is 14.9 Å². The third-order valence-corrected chi connectivity index (χ3v) is 3.23. The van der Waals surface area contributed by atoms with Crippen LogP contribution in [0.15, 0.2) is 33.6 Å². The van der Waals surface area contributed by atoms with Crippen molar-refractivity contribution in [1.82, 2.24) is 10.2 Å². The Bertz CT molecular complexity index is 618. The van der Waals surface area contributed by atoms with E-state index in [1.54, 1.807) is 6.92 Å². The third-order valence-electron chi connectivity index (χ3n) is 1.89. The average molecular weight is 255 g/mol. The molecule has 0 radical (unpaired) electrons. The maximum absolute atomic E-state index is 11.8. The number of phenolic OH excluding ortho intramolecular Hbond substituents is 1. The molecule has 17 heavy (non-hydrogen) atoms. The van der Waals surface area contributed by atoms with Crippen LogP contribution in [0.5, 0.6) is 5.75 Å². The summed E-state index contributed by atoms with van der Waals surface area (Å²) in [5.41, 5.74) is 0. The Morgan fingerprint density at radius 2 is 1.88 bits per heavy atom. The number of hydrogen-bond donors (Lipinski definition) is 2. The monoisotopic (exact) mass is 255 g/mol. The molecule has 7 nitrogen and oxygen atoms in total. The first-order chi connectivity index (χ1) is 7.97. The van der Waals surface area contributed by atoms with Crippen LogP contribution in [-0.4, -0.2) is 23.7 Å². The summed E-state index contributed by atoms with van der Waals surface area (Å²) in [5, 5.41) is 16.1. The zero-order chi connectivity index (χ0) is 12.5. The highest BCUT2D eigenvalue weighted by atomic mass is 32.2. The van der Waals surface area contributed by atoms with Crippen LogP contribution in [0.4, 0.5) is 6.01 Å². The maximum Gasteiger partial charge on any atom is 0.329 e. The SMILES string of the molecule is Cc1nnc(NS(=O)(=O)c2ccc(O)cc2)o1. The van der Waals surface area contributed by atoms with Gasteiger partial charge in [-0.2, -0.15) is 0 Å². The summed E-state index contributed by atoms with van der Waals surface area (Å²) in [6.45, 7) is 1.55. The molecule has 1 aromatic heterocycles. The number of phenols is 1.